The summed E-state index contributed by atoms with van der Waals surface area (Å²) in [5.74, 6) is 0.111. The molecule has 1 fully saturated rings. The Morgan fingerprint density at radius 1 is 1.33 bits per heavy atom. The first-order valence-electron chi connectivity index (χ1n) is 8.77. The third-order valence-corrected chi connectivity index (χ3v) is 4.58. The van der Waals surface area contributed by atoms with Crippen molar-refractivity contribution in [3.8, 4) is 5.75 Å². The van der Waals surface area contributed by atoms with E-state index in [9.17, 15) is 14.4 Å². The van der Waals surface area contributed by atoms with E-state index in [1.807, 2.05) is 0 Å². The van der Waals surface area contributed by atoms with Gasteiger partial charge in [0.1, 0.15) is 12.4 Å². The van der Waals surface area contributed by atoms with Gasteiger partial charge in [-0.15, -0.1) is 0 Å². The number of carbonyl (C=O) groups is 3. The minimum Gasteiger partial charge on any atom is -0.487 e. The maximum Gasteiger partial charge on any atom is 0.274 e. The summed E-state index contributed by atoms with van der Waals surface area (Å²) in [6.45, 7) is 2.63. The van der Waals surface area contributed by atoms with E-state index in [1.54, 1.807) is 42.3 Å². The van der Waals surface area contributed by atoms with Gasteiger partial charge in [-0.25, -0.2) is 0 Å². The lowest BCUT2D eigenvalue weighted by Gasteiger charge is -2.14. The number of carbonyl (C=O) groups excluding carboxylic acids is 3. The number of benzene rings is 1. The maximum absolute atomic E-state index is 12.5. The summed E-state index contributed by atoms with van der Waals surface area (Å²) < 4.78 is 5.66. The van der Waals surface area contributed by atoms with Gasteiger partial charge >= 0.3 is 0 Å². The highest BCUT2D eigenvalue weighted by Gasteiger charge is 2.31. The summed E-state index contributed by atoms with van der Waals surface area (Å²) in [5, 5.41) is 9.47. The van der Waals surface area contributed by atoms with Crippen LogP contribution in [-0.4, -0.2) is 52.8 Å². The molecule has 1 aromatic heterocycles. The van der Waals surface area contributed by atoms with E-state index in [0.29, 0.717) is 42.2 Å². The van der Waals surface area contributed by atoms with Crippen LogP contribution in [0.4, 0.5) is 0 Å². The Morgan fingerprint density at radius 2 is 2.15 bits per heavy atom. The van der Waals surface area contributed by atoms with Crippen LogP contribution in [0.3, 0.4) is 0 Å². The number of aromatic amines is 1. The van der Waals surface area contributed by atoms with Crippen molar-refractivity contribution in [2.45, 2.75) is 20.0 Å². The quantitative estimate of drug-likeness (QED) is 0.748. The zero-order valence-corrected chi connectivity index (χ0v) is 15.3. The van der Waals surface area contributed by atoms with Gasteiger partial charge in [-0.3, -0.25) is 19.5 Å². The van der Waals surface area contributed by atoms with E-state index in [4.69, 9.17) is 4.74 Å². The largest absolute Gasteiger partial charge is 0.487 e. The number of likely N-dealkylation sites (tertiary alicyclic amines) is 1. The normalized spacial score (nSPS) is 16.2. The molecule has 1 saturated heterocycles. The fourth-order valence-electron chi connectivity index (χ4n) is 3.04. The summed E-state index contributed by atoms with van der Waals surface area (Å²) in [5.41, 5.74) is 1.52. The van der Waals surface area contributed by atoms with Crippen molar-refractivity contribution in [2.75, 3.05) is 20.1 Å². The van der Waals surface area contributed by atoms with Crippen molar-refractivity contribution in [2.24, 2.45) is 5.92 Å². The third kappa shape index (κ3) is 4.33. The van der Waals surface area contributed by atoms with Crippen LogP contribution in [0.15, 0.2) is 30.3 Å². The van der Waals surface area contributed by atoms with Crippen LogP contribution in [0.25, 0.3) is 0 Å². The fraction of sp³-hybridized carbons (Fsp3) is 0.368. The van der Waals surface area contributed by atoms with Crippen LogP contribution < -0.4 is 10.1 Å². The Kier molecular flexibility index (Phi) is 5.54. The second kappa shape index (κ2) is 8.03. The van der Waals surface area contributed by atoms with E-state index in [1.165, 1.54) is 6.92 Å². The SMILES string of the molecule is CNC(=O)[C@@H]1CCN(C(=O)c2cc(COc3cccc(C(C)=O)c3)[nH]n2)C1. The number of H-pyrrole nitrogens is 1. The molecule has 1 atom stereocenters. The van der Waals surface area contributed by atoms with Crippen molar-refractivity contribution in [3.63, 3.8) is 0 Å². The molecule has 2 aromatic rings. The van der Waals surface area contributed by atoms with E-state index < -0.39 is 0 Å². The Morgan fingerprint density at radius 3 is 2.89 bits per heavy atom. The number of amides is 2. The third-order valence-electron chi connectivity index (χ3n) is 4.58. The van der Waals surface area contributed by atoms with Gasteiger partial charge in [-0.1, -0.05) is 12.1 Å². The molecule has 8 heteroatoms. The molecule has 0 spiro atoms. The Bertz CT molecular complexity index is 861. The minimum atomic E-state index is -0.206. The monoisotopic (exact) mass is 370 g/mol. The summed E-state index contributed by atoms with van der Waals surface area (Å²) in [7, 11) is 1.60. The van der Waals surface area contributed by atoms with Gasteiger partial charge in [0.2, 0.25) is 5.91 Å². The molecule has 0 saturated carbocycles. The molecule has 1 aliphatic rings. The standard InChI is InChI=1S/C19H22N4O4/c1-12(24)13-4-3-5-16(8-13)27-11-15-9-17(22-21-15)19(26)23-7-6-14(10-23)18(25)20-2/h3-5,8-9,14H,6-7,10-11H2,1-2H3,(H,20,25)(H,21,22)/t14-/m1/s1. The lowest BCUT2D eigenvalue weighted by molar-refractivity contribution is -0.124. The summed E-state index contributed by atoms with van der Waals surface area (Å²) in [4.78, 5) is 37.3. The highest BCUT2D eigenvalue weighted by molar-refractivity contribution is 5.94. The van der Waals surface area contributed by atoms with Gasteiger partial charge < -0.3 is 15.0 Å². The van der Waals surface area contributed by atoms with Crippen molar-refractivity contribution >= 4 is 17.6 Å². The van der Waals surface area contributed by atoms with Crippen LogP contribution in [0, 0.1) is 5.92 Å². The van der Waals surface area contributed by atoms with Gasteiger partial charge in [0, 0.05) is 25.7 Å². The molecule has 1 aliphatic heterocycles. The molecule has 27 heavy (non-hydrogen) atoms. The molecule has 2 N–H and O–H groups in total. The van der Waals surface area contributed by atoms with Crippen LogP contribution in [-0.2, 0) is 11.4 Å². The topological polar surface area (TPSA) is 104 Å². The first-order valence-corrected chi connectivity index (χ1v) is 8.77. The van der Waals surface area contributed by atoms with Crippen molar-refractivity contribution < 1.29 is 19.1 Å². The van der Waals surface area contributed by atoms with Crippen LogP contribution >= 0.6 is 0 Å². The molecule has 2 amide bonds. The summed E-state index contributed by atoms with van der Waals surface area (Å²) >= 11 is 0. The summed E-state index contributed by atoms with van der Waals surface area (Å²) in [6.07, 6.45) is 0.651. The Labute approximate surface area is 156 Å². The highest BCUT2D eigenvalue weighted by Crippen LogP contribution is 2.19. The van der Waals surface area contributed by atoms with Crippen LogP contribution in [0.2, 0.25) is 0 Å². The lowest BCUT2D eigenvalue weighted by Crippen LogP contribution is -2.33. The number of nitrogens with zero attached hydrogens (tertiary/aromatic N) is 2. The van der Waals surface area contributed by atoms with Gasteiger partial charge in [0.25, 0.3) is 5.91 Å². The van der Waals surface area contributed by atoms with Crippen molar-refractivity contribution in [1.29, 1.82) is 0 Å². The van der Waals surface area contributed by atoms with Crippen molar-refractivity contribution in [3.05, 3.63) is 47.3 Å². The van der Waals surface area contributed by atoms with E-state index in [2.05, 4.69) is 15.5 Å². The molecule has 1 aromatic carbocycles. The first-order chi connectivity index (χ1) is 13.0. The average Bonchev–Trinajstić information content (AvgIpc) is 3.35. The molecule has 142 valence electrons. The van der Waals surface area contributed by atoms with E-state index in [0.717, 1.165) is 0 Å². The number of rotatable bonds is 6. The van der Waals surface area contributed by atoms with Gasteiger partial charge in [-0.2, -0.15) is 5.10 Å². The molecule has 0 radical (unpaired) electrons. The van der Waals surface area contributed by atoms with E-state index in [-0.39, 0.29) is 30.1 Å². The van der Waals surface area contributed by atoms with Crippen molar-refractivity contribution in [1.82, 2.24) is 20.4 Å². The van der Waals surface area contributed by atoms with E-state index >= 15 is 0 Å². The Hall–Kier alpha value is -3.16. The second-order valence-electron chi connectivity index (χ2n) is 6.50. The highest BCUT2D eigenvalue weighted by atomic mass is 16.5. The van der Waals surface area contributed by atoms with Crippen LogP contribution in [0.5, 0.6) is 5.75 Å². The number of hydrogen-bond acceptors (Lipinski definition) is 5. The number of nitrogens with one attached hydrogen (secondary N) is 2. The number of aromatic nitrogens is 2. The fourth-order valence-corrected chi connectivity index (χ4v) is 3.04. The zero-order valence-electron chi connectivity index (χ0n) is 15.3. The summed E-state index contributed by atoms with van der Waals surface area (Å²) in [6, 6.07) is 8.56. The van der Waals surface area contributed by atoms with Gasteiger partial charge in [0.05, 0.1) is 11.6 Å². The lowest BCUT2D eigenvalue weighted by atomic mass is 10.1. The molecular formula is C19H22N4O4. The predicted molar refractivity (Wildman–Crippen MR) is 97.4 cm³/mol. The number of ketones is 1. The molecule has 0 unspecified atom stereocenters. The zero-order chi connectivity index (χ0) is 19.4. The molecule has 8 nitrogen and oxygen atoms in total. The molecule has 0 bridgehead atoms. The van der Waals surface area contributed by atoms with Crippen LogP contribution in [0.1, 0.15) is 39.9 Å². The maximum atomic E-state index is 12.5. The number of Topliss-reactive ketones (excluding diaryl/α,β-unsaturated/α-hetero) is 1. The Balaban J connectivity index is 1.58. The molecule has 0 aliphatic carbocycles. The first kappa shape index (κ1) is 18.6. The average molecular weight is 370 g/mol. The molecular weight excluding hydrogens is 348 g/mol. The minimum absolute atomic E-state index is 0.0319. The molecule has 3 rings (SSSR count). The smallest absolute Gasteiger partial charge is 0.274 e. The predicted octanol–water partition coefficient (Wildman–Crippen LogP) is 1.40. The number of ether oxygens (including phenoxy) is 1. The van der Waals surface area contributed by atoms with Gasteiger partial charge in [-0.05, 0) is 31.5 Å². The number of hydrogen-bond donors (Lipinski definition) is 2. The van der Waals surface area contributed by atoms with Gasteiger partial charge in [0.15, 0.2) is 11.5 Å². The molecule has 2 heterocycles. The second-order valence-corrected chi connectivity index (χ2v) is 6.50.